The van der Waals surface area contributed by atoms with Crippen molar-refractivity contribution in [2.45, 2.75) is 0 Å². The van der Waals surface area contributed by atoms with E-state index in [1.807, 2.05) is 0 Å². The lowest BCUT2D eigenvalue weighted by Gasteiger charge is -1.93. The number of hydrogen-bond donors (Lipinski definition) is 1. The third-order valence-corrected chi connectivity index (χ3v) is 1.78. The number of carbonyl (C=O) groups excluding carboxylic acids is 2. The van der Waals surface area contributed by atoms with Gasteiger partial charge in [0.05, 0.1) is 0 Å². The largest absolute Gasteiger partial charge is 0.364 e. The van der Waals surface area contributed by atoms with Gasteiger partial charge in [-0.3, -0.25) is 14.6 Å². The fourth-order valence-corrected chi connectivity index (χ4v) is 1.11. The second kappa shape index (κ2) is 3.41. The quantitative estimate of drug-likeness (QED) is 0.686. The third-order valence-electron chi connectivity index (χ3n) is 1.78. The second-order valence-electron chi connectivity index (χ2n) is 2.81. The van der Waals surface area contributed by atoms with Crippen LogP contribution in [-0.2, 0) is 9.59 Å². The van der Waals surface area contributed by atoms with Crippen molar-refractivity contribution in [3.8, 4) is 0 Å². The minimum atomic E-state index is -0.873. The van der Waals surface area contributed by atoms with Gasteiger partial charge in [0, 0.05) is 18.0 Å². The highest BCUT2D eigenvalue weighted by atomic mass is 16.2. The van der Waals surface area contributed by atoms with Crippen LogP contribution in [0, 0.1) is 0 Å². The third kappa shape index (κ3) is 1.64. The highest BCUT2D eigenvalue weighted by Gasteiger charge is 2.24. The van der Waals surface area contributed by atoms with Crippen molar-refractivity contribution in [1.82, 2.24) is 4.98 Å². The monoisotopic (exact) mass is 202 g/mol. The minimum Gasteiger partial charge on any atom is -0.364 e. The molecule has 1 aliphatic heterocycles. The Labute approximate surface area is 84.6 Å². The summed E-state index contributed by atoms with van der Waals surface area (Å²) in [5.74, 6) is -1.41. The molecule has 74 valence electrons. The molecule has 0 atom stereocenters. The summed E-state index contributed by atoms with van der Waals surface area (Å²) in [6.07, 6.45) is 3.08. The molecular weight excluding hydrogens is 196 g/mol. The smallest absolute Gasteiger partial charge is 0.303 e. The maximum absolute atomic E-state index is 11.2. The Kier molecular flexibility index (Phi) is 2.09. The van der Waals surface area contributed by atoms with E-state index in [-0.39, 0.29) is 11.5 Å². The zero-order chi connectivity index (χ0) is 10.8. The Morgan fingerprint density at radius 2 is 2.13 bits per heavy atom. The summed E-state index contributed by atoms with van der Waals surface area (Å²) in [6.45, 7) is 0. The van der Waals surface area contributed by atoms with E-state index in [1.54, 1.807) is 18.3 Å². The van der Waals surface area contributed by atoms with Crippen LogP contribution < -0.4 is 5.73 Å². The normalized spacial score (nSPS) is 14.8. The number of pyridine rings is 1. The fourth-order valence-electron chi connectivity index (χ4n) is 1.11. The summed E-state index contributed by atoms with van der Waals surface area (Å²) in [4.78, 5) is 33.1. The highest BCUT2D eigenvalue weighted by Crippen LogP contribution is 2.07. The first kappa shape index (κ1) is 9.20. The van der Waals surface area contributed by atoms with Crippen molar-refractivity contribution in [2.24, 2.45) is 15.7 Å². The number of primary amides is 1. The molecule has 2 rings (SSSR count). The molecule has 0 aliphatic carbocycles. The summed E-state index contributed by atoms with van der Waals surface area (Å²) in [5.41, 5.74) is 5.18. The van der Waals surface area contributed by atoms with Crippen LogP contribution in [0.3, 0.4) is 0 Å². The predicted octanol–water partition coefficient (Wildman–Crippen LogP) is -0.705. The molecule has 0 saturated heterocycles. The van der Waals surface area contributed by atoms with Gasteiger partial charge in [-0.25, -0.2) is 4.99 Å². The van der Waals surface area contributed by atoms with Crippen LogP contribution in [0.1, 0.15) is 5.56 Å². The Bertz CT molecular complexity index is 490. The number of nitrogens with two attached hydrogens (primary N) is 1. The summed E-state index contributed by atoms with van der Waals surface area (Å²) in [7, 11) is 0. The van der Waals surface area contributed by atoms with E-state index in [1.165, 1.54) is 6.20 Å². The molecule has 0 saturated carbocycles. The van der Waals surface area contributed by atoms with Crippen molar-refractivity contribution in [1.29, 1.82) is 0 Å². The van der Waals surface area contributed by atoms with E-state index >= 15 is 0 Å². The van der Waals surface area contributed by atoms with Gasteiger partial charge < -0.3 is 5.73 Å². The number of amidine groups is 1. The standard InChI is InChI=1S/C9H6N4O2/c10-7(14)6-9(15)13-8(12-6)5-2-1-3-11-4-5/h1-4H,(H2,10,14). The Hall–Kier alpha value is -2.37. The maximum Gasteiger partial charge on any atom is 0.303 e. The first-order valence-electron chi connectivity index (χ1n) is 4.10. The van der Waals surface area contributed by atoms with E-state index in [0.29, 0.717) is 5.56 Å². The second-order valence-corrected chi connectivity index (χ2v) is 2.81. The van der Waals surface area contributed by atoms with E-state index in [4.69, 9.17) is 5.73 Å². The number of rotatable bonds is 2. The predicted molar refractivity (Wildman–Crippen MR) is 52.4 cm³/mol. The van der Waals surface area contributed by atoms with Crippen molar-refractivity contribution < 1.29 is 9.59 Å². The Balaban J connectivity index is 2.39. The fraction of sp³-hybridized carbons (Fsp3) is 0. The zero-order valence-corrected chi connectivity index (χ0v) is 7.54. The number of nitrogens with zero attached hydrogens (tertiary/aromatic N) is 3. The SMILES string of the molecule is NC(=O)C1=NC(c2cccnc2)=NC1=O. The van der Waals surface area contributed by atoms with E-state index in [0.717, 1.165) is 0 Å². The molecule has 1 aromatic rings. The molecule has 1 aromatic heterocycles. The molecule has 0 fully saturated rings. The molecule has 2 heterocycles. The zero-order valence-electron chi connectivity index (χ0n) is 7.54. The lowest BCUT2D eigenvalue weighted by Crippen LogP contribution is -2.27. The summed E-state index contributed by atoms with van der Waals surface area (Å²) < 4.78 is 0. The van der Waals surface area contributed by atoms with Gasteiger partial charge >= 0.3 is 5.91 Å². The van der Waals surface area contributed by atoms with Crippen molar-refractivity contribution in [2.75, 3.05) is 0 Å². The molecule has 0 spiro atoms. The Morgan fingerprint density at radius 1 is 1.33 bits per heavy atom. The molecule has 6 nitrogen and oxygen atoms in total. The van der Waals surface area contributed by atoms with Gasteiger partial charge in [0.1, 0.15) is 0 Å². The topological polar surface area (TPSA) is 97.8 Å². The molecule has 0 aromatic carbocycles. The van der Waals surface area contributed by atoms with Crippen LogP contribution in [0.4, 0.5) is 0 Å². The lowest BCUT2D eigenvalue weighted by atomic mass is 10.3. The van der Waals surface area contributed by atoms with Gasteiger partial charge in [-0.1, -0.05) is 0 Å². The molecule has 15 heavy (non-hydrogen) atoms. The number of aromatic nitrogens is 1. The van der Waals surface area contributed by atoms with Crippen LogP contribution in [0.5, 0.6) is 0 Å². The molecule has 0 radical (unpaired) electrons. The van der Waals surface area contributed by atoms with Gasteiger partial charge in [0.25, 0.3) is 5.91 Å². The van der Waals surface area contributed by atoms with Gasteiger partial charge in [-0.15, -0.1) is 0 Å². The van der Waals surface area contributed by atoms with Crippen LogP contribution in [0.15, 0.2) is 34.5 Å². The van der Waals surface area contributed by atoms with Gasteiger partial charge in [0.15, 0.2) is 11.5 Å². The van der Waals surface area contributed by atoms with Crippen molar-refractivity contribution in [3.63, 3.8) is 0 Å². The first-order valence-corrected chi connectivity index (χ1v) is 4.10. The van der Waals surface area contributed by atoms with Gasteiger partial charge in [-0.05, 0) is 12.1 Å². The molecular formula is C9H6N4O2. The number of amides is 2. The summed E-state index contributed by atoms with van der Waals surface area (Å²) >= 11 is 0. The maximum atomic E-state index is 11.2. The number of aliphatic imine (C=N–C) groups is 2. The highest BCUT2D eigenvalue weighted by molar-refractivity contribution is 6.68. The Morgan fingerprint density at radius 3 is 2.67 bits per heavy atom. The average Bonchev–Trinajstić information content (AvgIpc) is 2.62. The summed E-state index contributed by atoms with van der Waals surface area (Å²) in [5, 5.41) is 0. The van der Waals surface area contributed by atoms with E-state index in [9.17, 15) is 9.59 Å². The summed E-state index contributed by atoms with van der Waals surface area (Å²) in [6, 6.07) is 3.37. The van der Waals surface area contributed by atoms with Crippen molar-refractivity contribution >= 4 is 23.4 Å². The number of carbonyl (C=O) groups is 2. The molecule has 0 bridgehead atoms. The lowest BCUT2D eigenvalue weighted by molar-refractivity contribution is -0.115. The molecule has 1 aliphatic rings. The molecule has 6 heteroatoms. The van der Waals surface area contributed by atoms with E-state index in [2.05, 4.69) is 15.0 Å². The minimum absolute atomic E-state index is 0.168. The van der Waals surface area contributed by atoms with Crippen molar-refractivity contribution in [3.05, 3.63) is 30.1 Å². The van der Waals surface area contributed by atoms with Crippen LogP contribution in [-0.4, -0.2) is 28.3 Å². The van der Waals surface area contributed by atoms with Gasteiger partial charge in [-0.2, -0.15) is 4.99 Å². The number of hydrogen-bond acceptors (Lipinski definition) is 4. The van der Waals surface area contributed by atoms with E-state index < -0.39 is 11.8 Å². The molecule has 2 N–H and O–H groups in total. The van der Waals surface area contributed by atoms with Gasteiger partial charge in [0.2, 0.25) is 0 Å². The van der Waals surface area contributed by atoms with Crippen LogP contribution in [0.25, 0.3) is 0 Å². The van der Waals surface area contributed by atoms with Crippen LogP contribution >= 0.6 is 0 Å². The van der Waals surface area contributed by atoms with Crippen LogP contribution in [0.2, 0.25) is 0 Å². The first-order chi connectivity index (χ1) is 7.18. The molecule has 2 amide bonds. The molecule has 0 unspecified atom stereocenters. The average molecular weight is 202 g/mol.